The van der Waals surface area contributed by atoms with E-state index in [1.165, 1.54) is 0 Å². The number of carbonyl (C=O) groups is 4. The van der Waals surface area contributed by atoms with Crippen LogP contribution >= 0.6 is 0 Å². The van der Waals surface area contributed by atoms with Crippen molar-refractivity contribution in [2.75, 3.05) is 13.1 Å². The molecule has 0 heterocycles. The lowest BCUT2D eigenvalue weighted by Gasteiger charge is -2.06. The number of hydrogen-bond donors (Lipinski definition) is 4. The summed E-state index contributed by atoms with van der Waals surface area (Å²) in [7, 11) is 0. The van der Waals surface area contributed by atoms with Crippen LogP contribution in [0.2, 0.25) is 0 Å². The molecule has 0 fully saturated rings. The zero-order chi connectivity index (χ0) is 24.0. The van der Waals surface area contributed by atoms with Gasteiger partial charge in [0, 0.05) is 19.5 Å². The quantitative estimate of drug-likeness (QED) is 0.132. The predicted molar refractivity (Wildman–Crippen MR) is 124 cm³/mol. The average molecular weight is 454 g/mol. The summed E-state index contributed by atoms with van der Waals surface area (Å²) in [5.41, 5.74) is -0.630. The molecule has 0 saturated heterocycles. The summed E-state index contributed by atoms with van der Waals surface area (Å²) in [4.78, 5) is 48.0. The van der Waals surface area contributed by atoms with E-state index in [2.05, 4.69) is 34.7 Å². The Balaban J connectivity index is 3.61. The number of unbranched alkanes of at least 4 members (excludes halogenated alkanes) is 8. The van der Waals surface area contributed by atoms with Crippen molar-refractivity contribution in [1.82, 2.24) is 10.6 Å². The molecule has 9 heteroatoms. The van der Waals surface area contributed by atoms with Crippen LogP contribution in [0.15, 0.2) is 17.1 Å². The number of carboxylic acids is 2. The van der Waals surface area contributed by atoms with Gasteiger partial charge in [-0.1, -0.05) is 44.8 Å². The van der Waals surface area contributed by atoms with Crippen LogP contribution in [0.5, 0.6) is 0 Å². The van der Waals surface area contributed by atoms with Gasteiger partial charge in [0.15, 0.2) is 0 Å². The Labute approximate surface area is 190 Å². The molecule has 0 aliphatic carbocycles. The largest absolute Gasteiger partial charge is 0.481 e. The number of nitrogens with one attached hydrogen (secondary N) is 2. The van der Waals surface area contributed by atoms with Gasteiger partial charge in [-0.05, 0) is 44.9 Å². The van der Waals surface area contributed by atoms with Crippen LogP contribution in [0.1, 0.15) is 90.4 Å². The van der Waals surface area contributed by atoms with Gasteiger partial charge >= 0.3 is 18.0 Å². The third-order valence-electron chi connectivity index (χ3n) is 4.65. The highest BCUT2D eigenvalue weighted by atomic mass is 16.4. The maximum Gasteiger partial charge on any atom is 0.350 e. The standard InChI is InChI=1S/C23H39N3O6/c1-2-3-13-16-24-23(32)25-17-14-11-9-7-5-4-6-8-10-12-15-20(27)26-19(22(30)31)18-21(28)29/h5,7H,2-4,6,8-18H2,1H3,(H,28,29)(H,30,31)(H2,24,25,32)/b7-5-,26-19-. The van der Waals surface area contributed by atoms with Gasteiger partial charge < -0.3 is 20.8 Å². The SMILES string of the molecule is CCCCCNC(=O)NCCCC/C=C\CCCCCCC(=O)/N=C(/CC(=O)O)C(=O)O. The Bertz CT molecular complexity index is 631. The third kappa shape index (κ3) is 19.3. The molecule has 9 nitrogen and oxygen atoms in total. The van der Waals surface area contributed by atoms with Gasteiger partial charge in [0.2, 0.25) is 5.91 Å². The number of rotatable bonds is 19. The van der Waals surface area contributed by atoms with Crippen molar-refractivity contribution in [3.63, 3.8) is 0 Å². The molecule has 0 atom stereocenters. The minimum absolute atomic E-state index is 0.0901. The van der Waals surface area contributed by atoms with E-state index in [-0.39, 0.29) is 12.5 Å². The molecular formula is C23H39N3O6. The summed E-state index contributed by atoms with van der Waals surface area (Å²) in [5.74, 6) is -3.40. The summed E-state index contributed by atoms with van der Waals surface area (Å²) < 4.78 is 0. The summed E-state index contributed by atoms with van der Waals surface area (Å²) in [6, 6.07) is -0.0901. The molecule has 0 aromatic carbocycles. The molecule has 182 valence electrons. The lowest BCUT2D eigenvalue weighted by Crippen LogP contribution is -2.36. The average Bonchev–Trinajstić information content (AvgIpc) is 2.73. The van der Waals surface area contributed by atoms with Gasteiger partial charge in [-0.2, -0.15) is 0 Å². The number of amides is 3. The number of urea groups is 1. The Hall–Kier alpha value is -2.71. The first-order valence-corrected chi connectivity index (χ1v) is 11.6. The molecule has 0 unspecified atom stereocenters. The molecule has 0 saturated carbocycles. The van der Waals surface area contributed by atoms with Crippen LogP contribution in [-0.2, 0) is 14.4 Å². The lowest BCUT2D eigenvalue weighted by atomic mass is 10.1. The number of hydrogen-bond acceptors (Lipinski definition) is 4. The second-order valence-electron chi connectivity index (χ2n) is 7.64. The Kier molecular flexibility index (Phi) is 18.5. The van der Waals surface area contributed by atoms with Crippen LogP contribution in [-0.4, -0.2) is 52.9 Å². The minimum Gasteiger partial charge on any atom is -0.481 e. The topological polar surface area (TPSA) is 145 Å². The van der Waals surface area contributed by atoms with E-state index < -0.39 is 30.0 Å². The van der Waals surface area contributed by atoms with Crippen LogP contribution in [0.3, 0.4) is 0 Å². The van der Waals surface area contributed by atoms with Crippen molar-refractivity contribution in [3.05, 3.63) is 12.2 Å². The number of aliphatic imine (C=N–C) groups is 1. The first kappa shape index (κ1) is 29.3. The molecule has 0 rings (SSSR count). The highest BCUT2D eigenvalue weighted by molar-refractivity contribution is 6.40. The first-order chi connectivity index (χ1) is 15.4. The van der Waals surface area contributed by atoms with E-state index in [0.717, 1.165) is 70.8 Å². The number of aliphatic carboxylic acids is 2. The third-order valence-corrected chi connectivity index (χ3v) is 4.65. The molecule has 0 aliphatic rings. The van der Waals surface area contributed by atoms with Crippen molar-refractivity contribution in [1.29, 1.82) is 0 Å². The maximum absolute atomic E-state index is 11.6. The Morgan fingerprint density at radius 1 is 0.781 bits per heavy atom. The summed E-state index contributed by atoms with van der Waals surface area (Å²) in [6.07, 6.45) is 14.3. The van der Waals surface area contributed by atoms with Gasteiger partial charge in [0.25, 0.3) is 0 Å². The second-order valence-corrected chi connectivity index (χ2v) is 7.64. The normalized spacial score (nSPS) is 11.5. The number of nitrogens with zero attached hydrogens (tertiary/aromatic N) is 1. The highest BCUT2D eigenvalue weighted by Gasteiger charge is 2.15. The molecule has 0 aromatic rings. The summed E-state index contributed by atoms with van der Waals surface area (Å²) in [5, 5.41) is 23.2. The van der Waals surface area contributed by atoms with Gasteiger partial charge in [0.1, 0.15) is 5.71 Å². The lowest BCUT2D eigenvalue weighted by molar-refractivity contribution is -0.137. The van der Waals surface area contributed by atoms with Crippen LogP contribution in [0.25, 0.3) is 0 Å². The van der Waals surface area contributed by atoms with Gasteiger partial charge in [-0.3, -0.25) is 9.59 Å². The molecule has 0 aromatic heterocycles. The maximum atomic E-state index is 11.6. The van der Waals surface area contributed by atoms with Gasteiger partial charge in [-0.25, -0.2) is 14.6 Å². The molecule has 4 N–H and O–H groups in total. The van der Waals surface area contributed by atoms with E-state index >= 15 is 0 Å². The van der Waals surface area contributed by atoms with Crippen molar-refractivity contribution in [3.8, 4) is 0 Å². The fourth-order valence-electron chi connectivity index (χ4n) is 2.87. The molecule has 0 aliphatic heterocycles. The number of carbonyl (C=O) groups excluding carboxylic acids is 2. The summed E-state index contributed by atoms with van der Waals surface area (Å²) in [6.45, 7) is 3.54. The highest BCUT2D eigenvalue weighted by Crippen LogP contribution is 2.08. The van der Waals surface area contributed by atoms with E-state index in [9.17, 15) is 19.2 Å². The molecular weight excluding hydrogens is 414 g/mol. The zero-order valence-electron chi connectivity index (χ0n) is 19.2. The van der Waals surface area contributed by atoms with Crippen LogP contribution < -0.4 is 10.6 Å². The van der Waals surface area contributed by atoms with Crippen molar-refractivity contribution in [2.24, 2.45) is 4.99 Å². The van der Waals surface area contributed by atoms with Crippen molar-refractivity contribution in [2.45, 2.75) is 90.4 Å². The van der Waals surface area contributed by atoms with Crippen LogP contribution in [0, 0.1) is 0 Å². The van der Waals surface area contributed by atoms with Gasteiger partial charge in [-0.15, -0.1) is 0 Å². The van der Waals surface area contributed by atoms with E-state index in [1.807, 2.05) is 0 Å². The first-order valence-electron chi connectivity index (χ1n) is 11.6. The number of allylic oxidation sites excluding steroid dienone is 2. The van der Waals surface area contributed by atoms with Crippen molar-refractivity contribution < 1.29 is 29.4 Å². The zero-order valence-corrected chi connectivity index (χ0v) is 19.2. The van der Waals surface area contributed by atoms with Gasteiger partial charge in [0.05, 0.1) is 6.42 Å². The monoisotopic (exact) mass is 453 g/mol. The molecule has 32 heavy (non-hydrogen) atoms. The molecule has 3 amide bonds. The molecule has 0 radical (unpaired) electrons. The fourth-order valence-corrected chi connectivity index (χ4v) is 2.87. The number of carboxylic acid groups (broad SMARTS) is 2. The fraction of sp³-hybridized carbons (Fsp3) is 0.696. The van der Waals surface area contributed by atoms with E-state index in [0.29, 0.717) is 13.0 Å². The molecule has 0 bridgehead atoms. The van der Waals surface area contributed by atoms with Crippen molar-refractivity contribution >= 4 is 29.6 Å². The van der Waals surface area contributed by atoms with E-state index in [4.69, 9.17) is 10.2 Å². The predicted octanol–water partition coefficient (Wildman–Crippen LogP) is 4.07. The minimum atomic E-state index is -1.48. The second kappa shape index (κ2) is 20.2. The summed E-state index contributed by atoms with van der Waals surface area (Å²) >= 11 is 0. The molecule has 0 spiro atoms. The smallest absolute Gasteiger partial charge is 0.350 e. The Morgan fingerprint density at radius 2 is 1.34 bits per heavy atom. The van der Waals surface area contributed by atoms with Crippen LogP contribution in [0.4, 0.5) is 4.79 Å². The van der Waals surface area contributed by atoms with E-state index in [1.54, 1.807) is 0 Å². The Morgan fingerprint density at radius 3 is 1.91 bits per heavy atom.